The minimum Gasteiger partial charge on any atom is -0.327 e. The summed E-state index contributed by atoms with van der Waals surface area (Å²) < 4.78 is 27.3. The van der Waals surface area contributed by atoms with Crippen LogP contribution in [0.4, 0.5) is 8.78 Å². The normalized spacial score (nSPS) is 24.6. The fourth-order valence-corrected chi connectivity index (χ4v) is 3.44. The highest BCUT2D eigenvalue weighted by Crippen LogP contribution is 2.33. The fraction of sp³-hybridized carbons (Fsp3) is 0.647. The molecule has 112 valence electrons. The molecule has 0 saturated heterocycles. The first kappa shape index (κ1) is 15.4. The lowest BCUT2D eigenvalue weighted by molar-refractivity contribution is 0.231. The number of rotatable bonds is 5. The van der Waals surface area contributed by atoms with Gasteiger partial charge in [0.2, 0.25) is 0 Å². The molecule has 0 radical (unpaired) electrons. The van der Waals surface area contributed by atoms with E-state index in [-0.39, 0.29) is 11.6 Å². The van der Waals surface area contributed by atoms with Crippen LogP contribution in [0.2, 0.25) is 0 Å². The Morgan fingerprint density at radius 2 is 1.75 bits per heavy atom. The monoisotopic (exact) mass is 281 g/mol. The van der Waals surface area contributed by atoms with E-state index in [0.29, 0.717) is 12.3 Å². The van der Waals surface area contributed by atoms with Gasteiger partial charge in [-0.25, -0.2) is 8.78 Å². The summed E-state index contributed by atoms with van der Waals surface area (Å²) in [6, 6.07) is 3.88. The van der Waals surface area contributed by atoms with Gasteiger partial charge in [0.05, 0.1) is 0 Å². The molecule has 1 saturated carbocycles. The van der Waals surface area contributed by atoms with Crippen molar-refractivity contribution < 1.29 is 8.78 Å². The van der Waals surface area contributed by atoms with E-state index in [9.17, 15) is 8.78 Å². The maximum atomic E-state index is 13.6. The van der Waals surface area contributed by atoms with Crippen LogP contribution in [0.3, 0.4) is 0 Å². The second-order valence-electron chi connectivity index (χ2n) is 6.14. The lowest BCUT2D eigenvalue weighted by atomic mass is 9.76. The Bertz CT molecular complexity index is 405. The molecule has 0 heterocycles. The predicted molar refractivity (Wildman–Crippen MR) is 78.4 cm³/mol. The Labute approximate surface area is 120 Å². The first-order valence-electron chi connectivity index (χ1n) is 7.80. The Morgan fingerprint density at radius 1 is 1.15 bits per heavy atom. The summed E-state index contributed by atoms with van der Waals surface area (Å²) in [6.07, 6.45) is 7.47. The third-order valence-corrected chi connectivity index (χ3v) is 4.70. The van der Waals surface area contributed by atoms with E-state index in [2.05, 4.69) is 6.92 Å². The molecule has 1 aliphatic carbocycles. The van der Waals surface area contributed by atoms with Crippen molar-refractivity contribution in [2.75, 3.05) is 0 Å². The molecule has 1 unspecified atom stereocenters. The number of halogens is 2. The van der Waals surface area contributed by atoms with Crippen molar-refractivity contribution in [3.8, 4) is 0 Å². The Balaban J connectivity index is 1.91. The van der Waals surface area contributed by atoms with Crippen LogP contribution >= 0.6 is 0 Å². The minimum absolute atomic E-state index is 0.135. The lowest BCUT2D eigenvalue weighted by Crippen LogP contribution is -2.35. The van der Waals surface area contributed by atoms with Gasteiger partial charge in [0.1, 0.15) is 11.6 Å². The molecule has 1 fully saturated rings. The maximum Gasteiger partial charge on any atom is 0.129 e. The molecule has 20 heavy (non-hydrogen) atoms. The zero-order chi connectivity index (χ0) is 14.5. The van der Waals surface area contributed by atoms with Crippen LogP contribution in [-0.4, -0.2) is 6.04 Å². The van der Waals surface area contributed by atoms with Crippen molar-refractivity contribution in [2.45, 2.75) is 57.9 Å². The molecule has 1 nitrogen and oxygen atoms in total. The summed E-state index contributed by atoms with van der Waals surface area (Å²) in [6.45, 7) is 2.22. The Kier molecular flexibility index (Phi) is 5.53. The summed E-state index contributed by atoms with van der Waals surface area (Å²) >= 11 is 0. The van der Waals surface area contributed by atoms with E-state index in [1.54, 1.807) is 0 Å². The van der Waals surface area contributed by atoms with Crippen LogP contribution < -0.4 is 5.73 Å². The van der Waals surface area contributed by atoms with Crippen molar-refractivity contribution in [1.82, 2.24) is 0 Å². The van der Waals surface area contributed by atoms with Crippen molar-refractivity contribution >= 4 is 0 Å². The van der Waals surface area contributed by atoms with Crippen molar-refractivity contribution in [1.29, 1.82) is 0 Å². The molecule has 1 atom stereocenters. The Morgan fingerprint density at radius 3 is 2.30 bits per heavy atom. The molecule has 2 rings (SSSR count). The Hall–Kier alpha value is -0.960. The number of hydrogen-bond donors (Lipinski definition) is 1. The predicted octanol–water partition coefficient (Wildman–Crippen LogP) is 4.44. The third kappa shape index (κ3) is 3.78. The van der Waals surface area contributed by atoms with E-state index in [0.717, 1.165) is 18.8 Å². The van der Waals surface area contributed by atoms with E-state index in [1.165, 1.54) is 43.9 Å². The molecule has 1 aromatic carbocycles. The fourth-order valence-electron chi connectivity index (χ4n) is 3.44. The average Bonchev–Trinajstić information content (AvgIpc) is 2.44. The van der Waals surface area contributed by atoms with Gasteiger partial charge < -0.3 is 5.73 Å². The molecule has 0 amide bonds. The van der Waals surface area contributed by atoms with Crippen molar-refractivity contribution in [3.63, 3.8) is 0 Å². The number of nitrogens with two attached hydrogens (primary N) is 1. The number of hydrogen-bond acceptors (Lipinski definition) is 1. The van der Waals surface area contributed by atoms with E-state index < -0.39 is 11.6 Å². The molecule has 1 aromatic rings. The molecule has 1 aliphatic rings. The van der Waals surface area contributed by atoms with Crippen LogP contribution in [0.15, 0.2) is 18.2 Å². The van der Waals surface area contributed by atoms with Gasteiger partial charge in [0.15, 0.2) is 0 Å². The molecule has 0 bridgehead atoms. The highest BCUT2D eigenvalue weighted by atomic mass is 19.1. The quantitative estimate of drug-likeness (QED) is 0.848. The third-order valence-electron chi connectivity index (χ3n) is 4.70. The molecule has 0 spiro atoms. The summed E-state index contributed by atoms with van der Waals surface area (Å²) in [7, 11) is 0. The van der Waals surface area contributed by atoms with Gasteiger partial charge in [-0.2, -0.15) is 0 Å². The smallest absolute Gasteiger partial charge is 0.129 e. The van der Waals surface area contributed by atoms with Gasteiger partial charge in [-0.05, 0) is 43.2 Å². The van der Waals surface area contributed by atoms with Crippen molar-refractivity contribution in [2.24, 2.45) is 17.6 Å². The summed E-state index contributed by atoms with van der Waals surface area (Å²) in [4.78, 5) is 0. The van der Waals surface area contributed by atoms with Gasteiger partial charge in [-0.3, -0.25) is 0 Å². The zero-order valence-electron chi connectivity index (χ0n) is 12.2. The molecule has 2 N–H and O–H groups in total. The van der Waals surface area contributed by atoms with Crippen LogP contribution in [0.1, 0.15) is 51.0 Å². The van der Waals surface area contributed by atoms with Crippen LogP contribution in [-0.2, 0) is 6.42 Å². The molecule has 0 aliphatic heterocycles. The highest BCUT2D eigenvalue weighted by molar-refractivity contribution is 5.20. The maximum absolute atomic E-state index is 13.6. The topological polar surface area (TPSA) is 26.0 Å². The first-order valence-corrected chi connectivity index (χ1v) is 7.80. The summed E-state index contributed by atoms with van der Waals surface area (Å²) in [5, 5.41) is 0. The van der Waals surface area contributed by atoms with E-state index >= 15 is 0 Å². The summed E-state index contributed by atoms with van der Waals surface area (Å²) in [5.41, 5.74) is 6.35. The molecular weight excluding hydrogens is 256 g/mol. The lowest BCUT2D eigenvalue weighted by Gasteiger charge is -2.32. The standard InChI is InChI=1S/C17H25F2N/c1-2-4-12-7-9-13(10-8-12)17(20)11-14-15(18)5-3-6-16(14)19/h3,5-6,12-13,17H,2,4,7-11,20H2,1H3. The van der Waals surface area contributed by atoms with E-state index in [4.69, 9.17) is 5.73 Å². The van der Waals surface area contributed by atoms with E-state index in [1.807, 2.05) is 0 Å². The first-order chi connectivity index (χ1) is 9.61. The minimum atomic E-state index is -0.472. The second kappa shape index (κ2) is 7.16. The van der Waals surface area contributed by atoms with Gasteiger partial charge in [0, 0.05) is 11.6 Å². The van der Waals surface area contributed by atoms with Crippen molar-refractivity contribution in [3.05, 3.63) is 35.4 Å². The van der Waals surface area contributed by atoms with Gasteiger partial charge >= 0.3 is 0 Å². The van der Waals surface area contributed by atoms with Crippen LogP contribution in [0.25, 0.3) is 0 Å². The van der Waals surface area contributed by atoms with Gasteiger partial charge in [-0.1, -0.05) is 38.7 Å². The van der Waals surface area contributed by atoms with Gasteiger partial charge in [0.25, 0.3) is 0 Å². The zero-order valence-corrected chi connectivity index (χ0v) is 12.2. The second-order valence-corrected chi connectivity index (χ2v) is 6.14. The van der Waals surface area contributed by atoms with Crippen LogP contribution in [0.5, 0.6) is 0 Å². The summed E-state index contributed by atoms with van der Waals surface area (Å²) in [5.74, 6) is 0.288. The van der Waals surface area contributed by atoms with Gasteiger partial charge in [-0.15, -0.1) is 0 Å². The highest BCUT2D eigenvalue weighted by Gasteiger charge is 2.26. The largest absolute Gasteiger partial charge is 0.327 e. The molecule has 3 heteroatoms. The number of benzene rings is 1. The molecular formula is C17H25F2N. The average molecular weight is 281 g/mol. The van der Waals surface area contributed by atoms with Crippen LogP contribution in [0, 0.1) is 23.5 Å². The molecule has 0 aromatic heterocycles. The SMILES string of the molecule is CCCC1CCC(C(N)Cc2c(F)cccc2F)CC1.